The lowest BCUT2D eigenvalue weighted by molar-refractivity contribution is 0.394. The molecule has 4 aromatic carbocycles. The maximum atomic E-state index is 7.07. The van der Waals surface area contributed by atoms with Gasteiger partial charge < -0.3 is 9.64 Å². The van der Waals surface area contributed by atoms with Gasteiger partial charge in [-0.3, -0.25) is 0 Å². The van der Waals surface area contributed by atoms with Gasteiger partial charge in [0.1, 0.15) is 11.5 Å². The minimum Gasteiger partial charge on any atom is -0.458 e. The van der Waals surface area contributed by atoms with E-state index in [-0.39, 0.29) is 28.4 Å². The molecule has 2 aliphatic heterocycles. The third-order valence-electron chi connectivity index (χ3n) is 10.6. The minimum absolute atomic E-state index is 0.0151. The second-order valence-electron chi connectivity index (χ2n) is 17.0. The normalized spacial score (nSPS) is 17.5. The molecule has 2 nitrogen and oxygen atoms in total. The van der Waals surface area contributed by atoms with Gasteiger partial charge in [-0.05, 0) is 92.1 Å². The number of ether oxygens (including phenoxy) is 1. The predicted molar refractivity (Wildman–Crippen MR) is 196 cm³/mol. The van der Waals surface area contributed by atoms with E-state index in [9.17, 15) is 0 Å². The summed E-state index contributed by atoms with van der Waals surface area (Å²) in [6.45, 7) is 23.6. The molecule has 45 heavy (non-hydrogen) atoms. The Morgan fingerprint density at radius 3 is 2.13 bits per heavy atom. The van der Waals surface area contributed by atoms with Gasteiger partial charge in [-0.25, -0.2) is 0 Å². The van der Waals surface area contributed by atoms with Gasteiger partial charge in [0.05, 0.1) is 5.69 Å². The van der Waals surface area contributed by atoms with Crippen molar-refractivity contribution in [2.45, 2.75) is 97.3 Å². The highest BCUT2D eigenvalue weighted by atomic mass is 32.1. The van der Waals surface area contributed by atoms with Crippen LogP contribution in [-0.2, 0) is 21.7 Å². The van der Waals surface area contributed by atoms with Gasteiger partial charge in [0.25, 0.3) is 6.71 Å². The number of rotatable bonds is 1. The molecular weight excluding hydrogens is 565 g/mol. The van der Waals surface area contributed by atoms with Crippen molar-refractivity contribution < 1.29 is 4.74 Å². The first kappa shape index (κ1) is 28.9. The average molecular weight is 610 g/mol. The first-order valence-electron chi connectivity index (χ1n) is 16.5. The molecule has 1 aliphatic carbocycles. The average Bonchev–Trinajstić information content (AvgIpc) is 3.42. The number of thiophene rings is 1. The van der Waals surface area contributed by atoms with Crippen LogP contribution in [0.25, 0.3) is 10.1 Å². The van der Waals surface area contributed by atoms with E-state index in [2.05, 4.69) is 147 Å². The van der Waals surface area contributed by atoms with Crippen LogP contribution in [0, 0.1) is 0 Å². The Hall–Kier alpha value is -3.50. The first-order chi connectivity index (χ1) is 21.1. The molecule has 0 bridgehead atoms. The van der Waals surface area contributed by atoms with Crippen LogP contribution in [0.15, 0.2) is 72.8 Å². The summed E-state index contributed by atoms with van der Waals surface area (Å²) in [5.74, 6) is 2.09. The quantitative estimate of drug-likeness (QED) is 0.172. The molecule has 0 amide bonds. The van der Waals surface area contributed by atoms with E-state index >= 15 is 0 Å². The third kappa shape index (κ3) is 4.14. The van der Waals surface area contributed by atoms with Crippen molar-refractivity contribution in [2.24, 2.45) is 0 Å². The lowest BCUT2D eigenvalue weighted by Crippen LogP contribution is -2.58. The van der Waals surface area contributed by atoms with Crippen LogP contribution in [0.3, 0.4) is 0 Å². The molecular formula is C41H44BNOS. The summed E-state index contributed by atoms with van der Waals surface area (Å²) in [4.78, 5) is 2.58. The predicted octanol–water partition coefficient (Wildman–Crippen LogP) is 9.86. The zero-order valence-electron chi connectivity index (χ0n) is 28.5. The Labute approximate surface area is 273 Å². The molecule has 0 spiro atoms. The smallest absolute Gasteiger partial charge is 0.268 e. The number of hydrogen-bond acceptors (Lipinski definition) is 3. The number of hydrogen-bond donors (Lipinski definition) is 0. The van der Waals surface area contributed by atoms with Crippen molar-refractivity contribution in [3.63, 3.8) is 0 Å². The van der Waals surface area contributed by atoms with Gasteiger partial charge in [0.2, 0.25) is 0 Å². The molecule has 1 aromatic heterocycles. The van der Waals surface area contributed by atoms with Gasteiger partial charge in [-0.1, -0.05) is 106 Å². The number of para-hydroxylation sites is 1. The van der Waals surface area contributed by atoms with Gasteiger partial charge in [-0.15, -0.1) is 11.3 Å². The van der Waals surface area contributed by atoms with E-state index in [4.69, 9.17) is 4.74 Å². The highest BCUT2D eigenvalue weighted by Crippen LogP contribution is 2.57. The van der Waals surface area contributed by atoms with E-state index < -0.39 is 0 Å². The largest absolute Gasteiger partial charge is 0.458 e. The Balaban J connectivity index is 1.51. The summed E-state index contributed by atoms with van der Waals surface area (Å²) in [5, 5.41) is 1.35. The van der Waals surface area contributed by atoms with E-state index in [0.717, 1.165) is 17.9 Å². The van der Waals surface area contributed by atoms with Crippen LogP contribution in [0.5, 0.6) is 11.5 Å². The molecule has 8 rings (SSSR count). The van der Waals surface area contributed by atoms with E-state index in [1.54, 1.807) is 0 Å². The van der Waals surface area contributed by atoms with Crippen molar-refractivity contribution in [2.75, 3.05) is 4.90 Å². The van der Waals surface area contributed by atoms with Crippen molar-refractivity contribution in [3.05, 3.63) is 95.1 Å². The SMILES string of the molecule is CC(C)(C)c1ccc(N2c3cc4c(c5c3B(c3ccccc3O5)c3sc5ccc(C(C)(C)C)cc5c32)C(C)(C)CC4(C)C)cc1. The maximum Gasteiger partial charge on any atom is 0.268 e. The van der Waals surface area contributed by atoms with Gasteiger partial charge in [-0.2, -0.15) is 0 Å². The first-order valence-corrected chi connectivity index (χ1v) is 17.3. The van der Waals surface area contributed by atoms with Crippen LogP contribution in [0.4, 0.5) is 17.1 Å². The lowest BCUT2D eigenvalue weighted by atomic mass is 9.36. The zero-order chi connectivity index (χ0) is 31.8. The van der Waals surface area contributed by atoms with E-state index in [1.165, 1.54) is 65.1 Å². The van der Waals surface area contributed by atoms with Crippen LogP contribution >= 0.6 is 11.3 Å². The molecule has 3 aliphatic rings. The van der Waals surface area contributed by atoms with Crippen molar-refractivity contribution in [1.29, 1.82) is 0 Å². The Morgan fingerprint density at radius 2 is 1.44 bits per heavy atom. The number of anilines is 3. The van der Waals surface area contributed by atoms with Gasteiger partial charge in [0, 0.05) is 31.8 Å². The highest BCUT2D eigenvalue weighted by molar-refractivity contribution is 7.33. The number of benzene rings is 4. The second kappa shape index (κ2) is 9.07. The van der Waals surface area contributed by atoms with E-state index in [1.807, 2.05) is 11.3 Å². The number of nitrogens with zero attached hydrogens (tertiary/aromatic N) is 1. The molecule has 3 heterocycles. The fraction of sp³-hybridized carbons (Fsp3) is 0.366. The maximum absolute atomic E-state index is 7.07. The summed E-state index contributed by atoms with van der Waals surface area (Å²) in [6, 6.07) is 27.8. The minimum atomic E-state index is 0.0151. The third-order valence-corrected chi connectivity index (χ3v) is 11.8. The summed E-state index contributed by atoms with van der Waals surface area (Å²) >= 11 is 1.96. The lowest BCUT2D eigenvalue weighted by Gasteiger charge is -2.41. The molecule has 0 N–H and O–H groups in total. The Kier molecular flexibility index (Phi) is 5.83. The molecule has 0 saturated heterocycles. The highest BCUT2D eigenvalue weighted by Gasteiger charge is 2.51. The zero-order valence-corrected chi connectivity index (χ0v) is 29.3. The molecule has 5 aromatic rings. The molecule has 0 radical (unpaired) electrons. The van der Waals surface area contributed by atoms with Crippen molar-refractivity contribution >= 4 is 60.9 Å². The van der Waals surface area contributed by atoms with Gasteiger partial charge >= 0.3 is 0 Å². The fourth-order valence-corrected chi connectivity index (χ4v) is 9.87. The van der Waals surface area contributed by atoms with Crippen LogP contribution in [0.1, 0.15) is 97.9 Å². The summed E-state index contributed by atoms with van der Waals surface area (Å²) in [6.07, 6.45) is 1.10. The van der Waals surface area contributed by atoms with Crippen molar-refractivity contribution in [3.8, 4) is 11.5 Å². The molecule has 0 saturated carbocycles. The molecule has 0 atom stereocenters. The fourth-order valence-electron chi connectivity index (χ4n) is 8.57. The second-order valence-corrected chi connectivity index (χ2v) is 18.1. The summed E-state index contributed by atoms with van der Waals surface area (Å²) < 4.78 is 9.83. The van der Waals surface area contributed by atoms with Crippen LogP contribution < -0.4 is 25.3 Å². The molecule has 4 heteroatoms. The molecule has 0 unspecified atom stereocenters. The molecule has 228 valence electrons. The Morgan fingerprint density at radius 1 is 0.778 bits per heavy atom. The number of fused-ring (bicyclic) bond motifs is 8. The van der Waals surface area contributed by atoms with E-state index in [0.29, 0.717) is 0 Å². The van der Waals surface area contributed by atoms with Gasteiger partial charge in [0.15, 0.2) is 0 Å². The summed E-state index contributed by atoms with van der Waals surface area (Å²) in [5.41, 5.74) is 12.2. The Bertz CT molecular complexity index is 2030. The topological polar surface area (TPSA) is 12.5 Å². The standard InChI is InChI=1S/C41H44BNOS/c1-38(2,3)24-15-18-26(19-16-24)43-30-22-28-33(41(9,10)23-40(28,7)8)36-34(30)42(29-13-11-12-14-31(29)44-36)37-35(43)27-21-25(39(4,5)6)17-20-32(27)45-37/h11-22H,23H2,1-10H3. The molecule has 0 fully saturated rings. The monoisotopic (exact) mass is 609 g/mol. The van der Waals surface area contributed by atoms with Crippen LogP contribution in [-0.4, -0.2) is 6.71 Å². The van der Waals surface area contributed by atoms with Crippen LogP contribution in [0.2, 0.25) is 0 Å². The van der Waals surface area contributed by atoms with Crippen molar-refractivity contribution in [1.82, 2.24) is 0 Å². The summed E-state index contributed by atoms with van der Waals surface area (Å²) in [7, 11) is 0.